The second-order valence-corrected chi connectivity index (χ2v) is 6.27. The highest BCUT2D eigenvalue weighted by atomic mass is 35.5. The molecule has 1 aromatic heterocycles. The average Bonchev–Trinajstić information content (AvgIpc) is 2.77. The van der Waals surface area contributed by atoms with Gasteiger partial charge in [0.1, 0.15) is 5.69 Å². The van der Waals surface area contributed by atoms with Crippen molar-refractivity contribution in [2.75, 3.05) is 0 Å². The van der Waals surface area contributed by atoms with E-state index in [4.69, 9.17) is 23.2 Å². The van der Waals surface area contributed by atoms with Crippen molar-refractivity contribution >= 4 is 52.0 Å². The van der Waals surface area contributed by atoms with E-state index in [2.05, 4.69) is 0 Å². The lowest BCUT2D eigenvalue weighted by Crippen LogP contribution is -2.02. The second kappa shape index (κ2) is 5.64. The first-order chi connectivity index (χ1) is 10.0. The third kappa shape index (κ3) is 2.88. The summed E-state index contributed by atoms with van der Waals surface area (Å²) in [6.45, 7) is 0. The number of fused-ring (bicyclic) bond motifs is 1. The molecule has 3 rings (SSSR count). The summed E-state index contributed by atoms with van der Waals surface area (Å²) in [5, 5.41) is 11.3. The number of hydrogen-bond donors (Lipinski definition) is 1. The molecule has 0 amide bonds. The largest absolute Gasteiger partial charge is 0.477 e. The average molecular weight is 338 g/mol. The Bertz CT molecular complexity index is 845. The number of carboxylic acids is 1. The smallest absolute Gasteiger partial charge is 0.353 e. The number of rotatable bonds is 3. The maximum Gasteiger partial charge on any atom is 0.353 e. The van der Waals surface area contributed by atoms with Crippen molar-refractivity contribution in [1.29, 1.82) is 0 Å². The fourth-order valence-electron chi connectivity index (χ4n) is 2.04. The second-order valence-electron chi connectivity index (χ2n) is 4.38. The van der Waals surface area contributed by atoms with Gasteiger partial charge in [-0.3, -0.25) is 3.97 Å². The van der Waals surface area contributed by atoms with Crippen molar-refractivity contribution in [2.45, 2.75) is 4.90 Å². The summed E-state index contributed by atoms with van der Waals surface area (Å²) in [6, 6.07) is 14.2. The fraction of sp³-hybridized carbons (Fsp3) is 0. The van der Waals surface area contributed by atoms with Crippen molar-refractivity contribution in [3.05, 3.63) is 64.3 Å². The molecule has 0 unspecified atom stereocenters. The van der Waals surface area contributed by atoms with Gasteiger partial charge in [0.2, 0.25) is 0 Å². The number of aromatic carboxylic acids is 1. The van der Waals surface area contributed by atoms with Crippen LogP contribution in [0.15, 0.2) is 53.4 Å². The number of aromatic nitrogens is 1. The van der Waals surface area contributed by atoms with E-state index in [0.717, 1.165) is 15.8 Å². The summed E-state index contributed by atoms with van der Waals surface area (Å²) in [5.74, 6) is -0.989. The molecular weight excluding hydrogens is 329 g/mol. The molecule has 0 atom stereocenters. The Labute approximate surface area is 135 Å². The molecule has 0 spiro atoms. The Morgan fingerprint density at radius 2 is 1.81 bits per heavy atom. The first-order valence-electron chi connectivity index (χ1n) is 6.03. The minimum atomic E-state index is -0.989. The predicted octanol–water partition coefficient (Wildman–Crippen LogP) is 5.20. The molecule has 0 radical (unpaired) electrons. The van der Waals surface area contributed by atoms with Crippen LogP contribution in [0.25, 0.3) is 10.9 Å². The molecule has 0 aliphatic heterocycles. The molecule has 6 heteroatoms. The zero-order valence-electron chi connectivity index (χ0n) is 10.6. The lowest BCUT2D eigenvalue weighted by Gasteiger charge is -2.07. The van der Waals surface area contributed by atoms with Crippen molar-refractivity contribution < 1.29 is 9.90 Å². The molecule has 1 N–H and O–H groups in total. The van der Waals surface area contributed by atoms with Crippen LogP contribution in [0.5, 0.6) is 0 Å². The predicted molar refractivity (Wildman–Crippen MR) is 86.6 cm³/mol. The maximum atomic E-state index is 11.4. The van der Waals surface area contributed by atoms with Crippen LogP contribution < -0.4 is 0 Å². The number of carbonyl (C=O) groups is 1. The van der Waals surface area contributed by atoms with E-state index >= 15 is 0 Å². The molecule has 0 saturated heterocycles. The van der Waals surface area contributed by atoms with E-state index in [-0.39, 0.29) is 5.69 Å². The van der Waals surface area contributed by atoms with Gasteiger partial charge in [0.05, 0.1) is 5.52 Å². The van der Waals surface area contributed by atoms with Crippen molar-refractivity contribution in [3.8, 4) is 0 Å². The molecule has 0 bridgehead atoms. The number of carboxylic acid groups (broad SMARTS) is 1. The van der Waals surface area contributed by atoms with Gasteiger partial charge in [-0.1, -0.05) is 29.3 Å². The monoisotopic (exact) mass is 337 g/mol. The first kappa shape index (κ1) is 14.3. The summed E-state index contributed by atoms with van der Waals surface area (Å²) >= 11 is 13.2. The van der Waals surface area contributed by atoms with Crippen LogP contribution in [-0.4, -0.2) is 15.0 Å². The van der Waals surface area contributed by atoms with Crippen LogP contribution in [0.2, 0.25) is 10.0 Å². The molecule has 0 fully saturated rings. The minimum Gasteiger partial charge on any atom is -0.477 e. The standard InChI is InChI=1S/C15H9Cl2NO2S/c16-10-2-1-3-12(8-10)21-18-13-5-4-11(17)6-9(13)7-14(18)15(19)20/h1-8H,(H,19,20). The van der Waals surface area contributed by atoms with Gasteiger partial charge >= 0.3 is 5.97 Å². The van der Waals surface area contributed by atoms with Crippen LogP contribution in [-0.2, 0) is 0 Å². The van der Waals surface area contributed by atoms with Gasteiger partial charge < -0.3 is 5.11 Å². The summed E-state index contributed by atoms with van der Waals surface area (Å²) < 4.78 is 1.67. The highest BCUT2D eigenvalue weighted by Crippen LogP contribution is 2.32. The summed E-state index contributed by atoms with van der Waals surface area (Å²) in [5.41, 5.74) is 0.985. The first-order valence-corrected chi connectivity index (χ1v) is 7.56. The molecular formula is C15H9Cl2NO2S. The number of benzene rings is 2. The quantitative estimate of drug-likeness (QED) is 0.713. The van der Waals surface area contributed by atoms with Gasteiger partial charge in [-0.15, -0.1) is 0 Å². The van der Waals surface area contributed by atoms with Gasteiger partial charge in [-0.2, -0.15) is 0 Å². The molecule has 21 heavy (non-hydrogen) atoms. The Morgan fingerprint density at radius 3 is 2.52 bits per heavy atom. The zero-order valence-corrected chi connectivity index (χ0v) is 12.9. The minimum absolute atomic E-state index is 0.192. The van der Waals surface area contributed by atoms with E-state index in [9.17, 15) is 9.90 Å². The van der Waals surface area contributed by atoms with Crippen molar-refractivity contribution in [1.82, 2.24) is 3.97 Å². The fourth-order valence-corrected chi connectivity index (χ4v) is 3.50. The van der Waals surface area contributed by atoms with Crippen molar-refractivity contribution in [2.24, 2.45) is 0 Å². The Kier molecular flexibility index (Phi) is 3.85. The van der Waals surface area contributed by atoms with Crippen LogP contribution in [0.3, 0.4) is 0 Å². The van der Waals surface area contributed by atoms with E-state index in [1.54, 1.807) is 34.3 Å². The summed E-state index contributed by atoms with van der Waals surface area (Å²) in [7, 11) is 0. The molecule has 2 aromatic carbocycles. The van der Waals surface area contributed by atoms with E-state index in [1.807, 2.05) is 18.2 Å². The molecule has 1 heterocycles. The van der Waals surface area contributed by atoms with E-state index in [0.29, 0.717) is 10.0 Å². The topological polar surface area (TPSA) is 42.2 Å². The Hall–Kier alpha value is -1.62. The van der Waals surface area contributed by atoms with Gasteiger partial charge in [0, 0.05) is 20.3 Å². The van der Waals surface area contributed by atoms with Crippen molar-refractivity contribution in [3.63, 3.8) is 0 Å². The summed E-state index contributed by atoms with van der Waals surface area (Å²) in [4.78, 5) is 12.3. The SMILES string of the molecule is O=C(O)c1cc2cc(Cl)ccc2n1Sc1cccc(Cl)c1. The molecule has 0 aliphatic rings. The number of halogens is 2. The van der Waals surface area contributed by atoms with Crippen LogP contribution in [0.1, 0.15) is 10.5 Å². The Morgan fingerprint density at radius 1 is 1.05 bits per heavy atom. The number of hydrogen-bond acceptors (Lipinski definition) is 2. The highest BCUT2D eigenvalue weighted by Gasteiger charge is 2.16. The van der Waals surface area contributed by atoms with Gasteiger partial charge in [0.15, 0.2) is 0 Å². The summed E-state index contributed by atoms with van der Waals surface area (Å²) in [6.07, 6.45) is 0. The third-order valence-electron chi connectivity index (χ3n) is 2.93. The zero-order chi connectivity index (χ0) is 15.0. The van der Waals surface area contributed by atoms with Gasteiger partial charge in [-0.05, 0) is 54.4 Å². The molecule has 106 valence electrons. The molecule has 0 aliphatic carbocycles. The van der Waals surface area contributed by atoms with E-state index < -0.39 is 5.97 Å². The highest BCUT2D eigenvalue weighted by molar-refractivity contribution is 7.98. The lowest BCUT2D eigenvalue weighted by molar-refractivity contribution is 0.0690. The third-order valence-corrected chi connectivity index (χ3v) is 4.44. The van der Waals surface area contributed by atoms with E-state index in [1.165, 1.54) is 11.9 Å². The van der Waals surface area contributed by atoms with Gasteiger partial charge in [-0.25, -0.2) is 4.79 Å². The van der Waals surface area contributed by atoms with Crippen LogP contribution >= 0.6 is 35.1 Å². The normalized spacial score (nSPS) is 11.0. The van der Waals surface area contributed by atoms with Crippen LogP contribution in [0.4, 0.5) is 0 Å². The number of nitrogens with zero attached hydrogens (tertiary/aromatic N) is 1. The Balaban J connectivity index is 2.15. The maximum absolute atomic E-state index is 11.4. The molecule has 3 nitrogen and oxygen atoms in total. The van der Waals surface area contributed by atoms with Gasteiger partial charge in [0.25, 0.3) is 0 Å². The molecule has 3 aromatic rings. The molecule has 0 saturated carbocycles. The van der Waals surface area contributed by atoms with Crippen LogP contribution in [0, 0.1) is 0 Å². The lowest BCUT2D eigenvalue weighted by atomic mass is 10.2.